The van der Waals surface area contributed by atoms with Gasteiger partial charge in [0.2, 0.25) is 5.91 Å². The average Bonchev–Trinajstić information content (AvgIpc) is 2.70. The van der Waals surface area contributed by atoms with Crippen molar-refractivity contribution in [3.63, 3.8) is 0 Å². The van der Waals surface area contributed by atoms with Gasteiger partial charge >= 0.3 is 6.03 Å². The van der Waals surface area contributed by atoms with E-state index < -0.39 is 12.1 Å². The second-order valence-electron chi connectivity index (χ2n) is 6.26. The fourth-order valence-electron chi connectivity index (χ4n) is 3.05. The standard InChI is InChI=1S/C15H25N3O4/c1-3-7-18-13(20)11(17-14(18)21)8-12(19)16-9-15(10-22-2)5-4-6-15/h11H,3-10H2,1-2H3,(H,16,19)(H,17,21)/t11-/m1/s1. The van der Waals surface area contributed by atoms with Crippen LogP contribution in [0.2, 0.25) is 0 Å². The molecule has 2 N–H and O–H groups in total. The van der Waals surface area contributed by atoms with Gasteiger partial charge in [0, 0.05) is 25.6 Å². The Morgan fingerprint density at radius 3 is 2.73 bits per heavy atom. The summed E-state index contributed by atoms with van der Waals surface area (Å²) < 4.78 is 5.22. The van der Waals surface area contributed by atoms with Gasteiger partial charge in [-0.05, 0) is 19.3 Å². The number of carbonyl (C=O) groups excluding carboxylic acids is 3. The highest BCUT2D eigenvalue weighted by Gasteiger charge is 2.40. The molecule has 1 saturated carbocycles. The highest BCUT2D eigenvalue weighted by Crippen LogP contribution is 2.40. The summed E-state index contributed by atoms with van der Waals surface area (Å²) in [6, 6.07) is -1.14. The van der Waals surface area contributed by atoms with Gasteiger partial charge in [-0.2, -0.15) is 0 Å². The Morgan fingerprint density at radius 1 is 1.45 bits per heavy atom. The lowest BCUT2D eigenvalue weighted by atomic mass is 9.69. The van der Waals surface area contributed by atoms with Gasteiger partial charge in [-0.15, -0.1) is 0 Å². The van der Waals surface area contributed by atoms with Crippen molar-refractivity contribution in [1.82, 2.24) is 15.5 Å². The lowest BCUT2D eigenvalue weighted by molar-refractivity contribution is -0.131. The van der Waals surface area contributed by atoms with E-state index in [1.165, 1.54) is 4.90 Å². The molecule has 7 nitrogen and oxygen atoms in total. The minimum absolute atomic E-state index is 0.00610. The predicted octanol–water partition coefficient (Wildman–Crippen LogP) is 0.640. The van der Waals surface area contributed by atoms with Gasteiger partial charge in [0.15, 0.2) is 0 Å². The van der Waals surface area contributed by atoms with Crippen molar-refractivity contribution in [1.29, 1.82) is 0 Å². The third-order valence-corrected chi connectivity index (χ3v) is 4.47. The zero-order chi connectivity index (χ0) is 16.2. The van der Waals surface area contributed by atoms with Crippen molar-refractivity contribution < 1.29 is 19.1 Å². The fourth-order valence-corrected chi connectivity index (χ4v) is 3.05. The molecular formula is C15H25N3O4. The SMILES string of the molecule is CCCN1C(=O)N[C@H](CC(=O)NCC2(COC)CCC2)C1=O. The highest BCUT2D eigenvalue weighted by atomic mass is 16.5. The van der Waals surface area contributed by atoms with Crippen LogP contribution in [0.25, 0.3) is 0 Å². The Kier molecular flexibility index (Phi) is 5.39. The zero-order valence-corrected chi connectivity index (χ0v) is 13.3. The van der Waals surface area contributed by atoms with Crippen LogP contribution in [0.3, 0.4) is 0 Å². The van der Waals surface area contributed by atoms with E-state index >= 15 is 0 Å². The summed E-state index contributed by atoms with van der Waals surface area (Å²) >= 11 is 0. The van der Waals surface area contributed by atoms with Crippen LogP contribution in [0.15, 0.2) is 0 Å². The summed E-state index contributed by atoms with van der Waals surface area (Å²) in [4.78, 5) is 36.9. The Bertz CT molecular complexity index is 448. The molecule has 1 atom stereocenters. The monoisotopic (exact) mass is 311 g/mol. The van der Waals surface area contributed by atoms with E-state index in [2.05, 4.69) is 10.6 Å². The number of ether oxygens (including phenoxy) is 1. The van der Waals surface area contributed by atoms with E-state index in [0.29, 0.717) is 26.1 Å². The molecule has 7 heteroatoms. The first-order valence-corrected chi connectivity index (χ1v) is 7.89. The molecule has 1 aliphatic carbocycles. The third kappa shape index (κ3) is 3.58. The number of hydrogen-bond acceptors (Lipinski definition) is 4. The first-order valence-electron chi connectivity index (χ1n) is 7.89. The molecule has 1 heterocycles. The minimum atomic E-state index is -0.737. The Labute approximate surface area is 130 Å². The molecule has 22 heavy (non-hydrogen) atoms. The maximum Gasteiger partial charge on any atom is 0.324 e. The van der Waals surface area contributed by atoms with Gasteiger partial charge in [0.25, 0.3) is 5.91 Å². The molecule has 0 unspecified atom stereocenters. The number of amides is 4. The number of rotatable bonds is 8. The molecule has 0 bridgehead atoms. The smallest absolute Gasteiger partial charge is 0.324 e. The molecule has 124 valence electrons. The van der Waals surface area contributed by atoms with Gasteiger partial charge in [-0.25, -0.2) is 4.79 Å². The quantitative estimate of drug-likeness (QED) is 0.644. The number of hydrogen-bond donors (Lipinski definition) is 2. The maximum absolute atomic E-state index is 12.1. The summed E-state index contributed by atoms with van der Waals surface area (Å²) in [6.45, 7) is 3.48. The van der Waals surface area contributed by atoms with E-state index in [1.807, 2.05) is 6.92 Å². The average molecular weight is 311 g/mol. The second kappa shape index (κ2) is 7.09. The van der Waals surface area contributed by atoms with Gasteiger partial charge in [0.1, 0.15) is 6.04 Å². The summed E-state index contributed by atoms with van der Waals surface area (Å²) in [5, 5.41) is 5.45. The van der Waals surface area contributed by atoms with Crippen molar-refractivity contribution in [2.24, 2.45) is 5.41 Å². The van der Waals surface area contributed by atoms with Crippen LogP contribution in [-0.4, -0.2) is 55.6 Å². The summed E-state index contributed by atoms with van der Waals surface area (Å²) in [5.41, 5.74) is 0.0432. The largest absolute Gasteiger partial charge is 0.384 e. The zero-order valence-electron chi connectivity index (χ0n) is 13.3. The lowest BCUT2D eigenvalue weighted by Crippen LogP contribution is -2.46. The lowest BCUT2D eigenvalue weighted by Gasteiger charge is -2.41. The van der Waals surface area contributed by atoms with Crippen LogP contribution in [0.1, 0.15) is 39.0 Å². The van der Waals surface area contributed by atoms with E-state index in [4.69, 9.17) is 4.74 Å². The van der Waals surface area contributed by atoms with Crippen LogP contribution in [0.5, 0.6) is 0 Å². The Hall–Kier alpha value is -1.63. The van der Waals surface area contributed by atoms with Crippen molar-refractivity contribution in [3.8, 4) is 0 Å². The molecule has 2 rings (SSSR count). The third-order valence-electron chi connectivity index (χ3n) is 4.47. The van der Waals surface area contributed by atoms with Gasteiger partial charge in [-0.3, -0.25) is 14.5 Å². The van der Waals surface area contributed by atoms with Crippen LogP contribution >= 0.6 is 0 Å². The predicted molar refractivity (Wildman–Crippen MR) is 80.1 cm³/mol. The van der Waals surface area contributed by atoms with Crippen molar-refractivity contribution >= 4 is 17.8 Å². The van der Waals surface area contributed by atoms with Crippen molar-refractivity contribution in [2.45, 2.75) is 45.1 Å². The summed E-state index contributed by atoms with van der Waals surface area (Å²) in [6.07, 6.45) is 3.95. The highest BCUT2D eigenvalue weighted by molar-refractivity contribution is 6.05. The van der Waals surface area contributed by atoms with Gasteiger partial charge in [0.05, 0.1) is 13.0 Å². The normalized spacial score (nSPS) is 23.2. The number of methoxy groups -OCH3 is 1. The Morgan fingerprint density at radius 2 is 2.18 bits per heavy atom. The molecule has 0 aromatic rings. The van der Waals surface area contributed by atoms with Gasteiger partial charge in [-0.1, -0.05) is 13.3 Å². The molecule has 0 aromatic carbocycles. The van der Waals surface area contributed by atoms with Crippen LogP contribution in [-0.2, 0) is 14.3 Å². The van der Waals surface area contributed by atoms with E-state index in [0.717, 1.165) is 19.3 Å². The molecule has 0 aromatic heterocycles. The van der Waals surface area contributed by atoms with Crippen LogP contribution in [0.4, 0.5) is 4.79 Å². The topological polar surface area (TPSA) is 87.7 Å². The van der Waals surface area contributed by atoms with E-state index in [9.17, 15) is 14.4 Å². The molecule has 1 saturated heterocycles. The van der Waals surface area contributed by atoms with Crippen LogP contribution < -0.4 is 10.6 Å². The molecule has 4 amide bonds. The van der Waals surface area contributed by atoms with E-state index in [1.54, 1.807) is 7.11 Å². The molecule has 0 spiro atoms. The van der Waals surface area contributed by atoms with Crippen molar-refractivity contribution in [2.75, 3.05) is 26.8 Å². The first-order chi connectivity index (χ1) is 10.5. The number of nitrogens with one attached hydrogen (secondary N) is 2. The van der Waals surface area contributed by atoms with Crippen molar-refractivity contribution in [3.05, 3.63) is 0 Å². The maximum atomic E-state index is 12.1. The summed E-state index contributed by atoms with van der Waals surface area (Å²) in [5.74, 6) is -0.517. The number of carbonyl (C=O) groups is 3. The number of imide groups is 1. The van der Waals surface area contributed by atoms with Gasteiger partial charge < -0.3 is 15.4 Å². The number of urea groups is 1. The molecule has 0 radical (unpaired) electrons. The molecular weight excluding hydrogens is 286 g/mol. The second-order valence-corrected chi connectivity index (χ2v) is 6.26. The Balaban J connectivity index is 1.80. The summed E-state index contributed by atoms with van der Waals surface area (Å²) in [7, 11) is 1.66. The van der Waals surface area contributed by atoms with Crippen LogP contribution in [0, 0.1) is 5.41 Å². The number of nitrogens with zero attached hydrogens (tertiary/aromatic N) is 1. The first kappa shape index (κ1) is 16.7. The van der Waals surface area contributed by atoms with E-state index in [-0.39, 0.29) is 23.7 Å². The molecule has 1 aliphatic heterocycles. The molecule has 2 aliphatic rings. The molecule has 2 fully saturated rings. The minimum Gasteiger partial charge on any atom is -0.384 e. The fraction of sp³-hybridized carbons (Fsp3) is 0.800.